The van der Waals surface area contributed by atoms with E-state index in [1.807, 2.05) is 68.4 Å². The summed E-state index contributed by atoms with van der Waals surface area (Å²) in [5.74, 6) is -0.250. The SMILES string of the molecule is Cc1ccc(C)n1-c1ccc(C(=O)N/N=C\c2cc(C)n(-c3ccc(Cl)cc3)c2C)cc1. The van der Waals surface area contributed by atoms with Crippen LogP contribution in [0.2, 0.25) is 5.02 Å². The summed E-state index contributed by atoms with van der Waals surface area (Å²) in [5.41, 5.74) is 10.6. The van der Waals surface area contributed by atoms with Crippen LogP contribution in [-0.2, 0) is 0 Å². The first-order valence-electron chi connectivity index (χ1n) is 10.4. The second-order valence-electron chi connectivity index (χ2n) is 7.84. The Kier molecular flexibility index (Phi) is 6.01. The maximum Gasteiger partial charge on any atom is 0.271 e. The third-order valence-electron chi connectivity index (χ3n) is 5.58. The van der Waals surface area contributed by atoms with Crippen LogP contribution in [0.25, 0.3) is 11.4 Å². The molecule has 4 rings (SSSR count). The minimum absolute atomic E-state index is 0.250. The molecule has 32 heavy (non-hydrogen) atoms. The molecular weight excluding hydrogens is 420 g/mol. The second kappa shape index (κ2) is 8.89. The Morgan fingerprint density at radius 2 is 1.38 bits per heavy atom. The van der Waals surface area contributed by atoms with E-state index in [2.05, 4.69) is 45.6 Å². The van der Waals surface area contributed by atoms with Gasteiger partial charge in [0.1, 0.15) is 0 Å². The zero-order valence-corrected chi connectivity index (χ0v) is 19.3. The van der Waals surface area contributed by atoms with Crippen molar-refractivity contribution in [3.05, 3.63) is 106 Å². The third kappa shape index (κ3) is 4.25. The van der Waals surface area contributed by atoms with Crippen LogP contribution in [-0.4, -0.2) is 21.3 Å². The summed E-state index contributed by atoms with van der Waals surface area (Å²) in [6.07, 6.45) is 1.67. The van der Waals surface area contributed by atoms with Crippen LogP contribution in [0.5, 0.6) is 0 Å². The Bertz CT molecular complexity index is 1280. The van der Waals surface area contributed by atoms with Crippen molar-refractivity contribution in [2.45, 2.75) is 27.7 Å². The van der Waals surface area contributed by atoms with Gasteiger partial charge in [0.15, 0.2) is 0 Å². The largest absolute Gasteiger partial charge is 0.319 e. The van der Waals surface area contributed by atoms with Crippen LogP contribution in [0.15, 0.2) is 71.8 Å². The van der Waals surface area contributed by atoms with E-state index < -0.39 is 0 Å². The van der Waals surface area contributed by atoms with Gasteiger partial charge in [-0.1, -0.05) is 11.6 Å². The van der Waals surface area contributed by atoms with Crippen molar-refractivity contribution in [2.75, 3.05) is 0 Å². The molecule has 0 saturated heterocycles. The minimum Gasteiger partial charge on any atom is -0.319 e. The molecule has 1 amide bonds. The van der Waals surface area contributed by atoms with Gasteiger partial charge in [-0.15, -0.1) is 0 Å². The van der Waals surface area contributed by atoms with Crippen LogP contribution in [0.4, 0.5) is 0 Å². The number of hydrogen-bond donors (Lipinski definition) is 1. The fourth-order valence-corrected chi connectivity index (χ4v) is 4.09. The third-order valence-corrected chi connectivity index (χ3v) is 5.84. The van der Waals surface area contributed by atoms with Gasteiger partial charge in [-0.3, -0.25) is 4.79 Å². The number of rotatable bonds is 5. The zero-order chi connectivity index (χ0) is 22.8. The van der Waals surface area contributed by atoms with E-state index >= 15 is 0 Å². The molecule has 0 fully saturated rings. The molecule has 1 N–H and O–H groups in total. The predicted octanol–water partition coefficient (Wildman–Crippen LogP) is 5.92. The Morgan fingerprint density at radius 1 is 0.812 bits per heavy atom. The summed E-state index contributed by atoms with van der Waals surface area (Å²) >= 11 is 6.01. The number of hydrazone groups is 1. The number of nitrogens with zero attached hydrogens (tertiary/aromatic N) is 3. The van der Waals surface area contributed by atoms with Gasteiger partial charge in [0.2, 0.25) is 0 Å². The van der Waals surface area contributed by atoms with Gasteiger partial charge < -0.3 is 9.13 Å². The van der Waals surface area contributed by atoms with Gasteiger partial charge in [-0.05, 0) is 94.4 Å². The summed E-state index contributed by atoms with van der Waals surface area (Å²) in [5, 5.41) is 4.88. The van der Waals surface area contributed by atoms with Crippen molar-refractivity contribution in [3.8, 4) is 11.4 Å². The summed E-state index contributed by atoms with van der Waals surface area (Å²) in [7, 11) is 0. The molecule has 162 valence electrons. The van der Waals surface area contributed by atoms with E-state index in [1.54, 1.807) is 6.21 Å². The molecule has 0 atom stereocenters. The minimum atomic E-state index is -0.250. The monoisotopic (exact) mass is 444 g/mol. The van der Waals surface area contributed by atoms with Crippen molar-refractivity contribution in [2.24, 2.45) is 5.10 Å². The van der Waals surface area contributed by atoms with Crippen LogP contribution in [0.1, 0.15) is 38.7 Å². The van der Waals surface area contributed by atoms with Gasteiger partial charge in [0.25, 0.3) is 5.91 Å². The fraction of sp³-hybridized carbons (Fsp3) is 0.154. The number of aromatic nitrogens is 2. The summed E-state index contributed by atoms with van der Waals surface area (Å²) in [6, 6.07) is 21.4. The number of carbonyl (C=O) groups excluding carboxylic acids is 1. The lowest BCUT2D eigenvalue weighted by atomic mass is 10.2. The van der Waals surface area contributed by atoms with E-state index in [0.29, 0.717) is 10.6 Å². The highest BCUT2D eigenvalue weighted by Gasteiger charge is 2.10. The van der Waals surface area contributed by atoms with Crippen molar-refractivity contribution >= 4 is 23.7 Å². The highest BCUT2D eigenvalue weighted by atomic mass is 35.5. The Labute approximate surface area is 193 Å². The maximum atomic E-state index is 12.5. The van der Waals surface area contributed by atoms with E-state index in [0.717, 1.165) is 39.7 Å². The predicted molar refractivity (Wildman–Crippen MR) is 131 cm³/mol. The molecule has 0 unspecified atom stereocenters. The van der Waals surface area contributed by atoms with Gasteiger partial charge in [0, 0.05) is 50.3 Å². The molecule has 5 nitrogen and oxygen atoms in total. The first kappa shape index (κ1) is 21.7. The van der Waals surface area contributed by atoms with Crippen LogP contribution >= 0.6 is 11.6 Å². The number of nitrogens with one attached hydrogen (secondary N) is 1. The molecule has 2 aromatic carbocycles. The van der Waals surface area contributed by atoms with Crippen molar-refractivity contribution in [3.63, 3.8) is 0 Å². The van der Waals surface area contributed by atoms with E-state index in [4.69, 9.17) is 11.6 Å². The van der Waals surface area contributed by atoms with Crippen molar-refractivity contribution < 1.29 is 4.79 Å². The molecule has 0 aliphatic rings. The molecule has 0 saturated carbocycles. The average Bonchev–Trinajstić information content (AvgIpc) is 3.26. The van der Waals surface area contributed by atoms with Crippen molar-refractivity contribution in [1.82, 2.24) is 14.6 Å². The number of benzene rings is 2. The quantitative estimate of drug-likeness (QED) is 0.301. The average molecular weight is 445 g/mol. The van der Waals surface area contributed by atoms with E-state index in [1.165, 1.54) is 0 Å². The van der Waals surface area contributed by atoms with Gasteiger partial charge in [-0.2, -0.15) is 5.10 Å². The van der Waals surface area contributed by atoms with Gasteiger partial charge in [0.05, 0.1) is 6.21 Å². The number of aryl methyl sites for hydroxylation is 3. The molecule has 6 heteroatoms. The number of carbonyl (C=O) groups is 1. The molecule has 0 aliphatic heterocycles. The van der Waals surface area contributed by atoms with E-state index in [-0.39, 0.29) is 5.91 Å². The molecule has 2 aromatic heterocycles. The maximum absolute atomic E-state index is 12.5. The highest BCUT2D eigenvalue weighted by Crippen LogP contribution is 2.21. The lowest BCUT2D eigenvalue weighted by molar-refractivity contribution is 0.0955. The molecule has 0 radical (unpaired) electrons. The smallest absolute Gasteiger partial charge is 0.271 e. The fourth-order valence-electron chi connectivity index (χ4n) is 3.97. The van der Waals surface area contributed by atoms with Gasteiger partial charge >= 0.3 is 0 Å². The number of halogens is 1. The zero-order valence-electron chi connectivity index (χ0n) is 18.6. The topological polar surface area (TPSA) is 51.3 Å². The van der Waals surface area contributed by atoms with Gasteiger partial charge in [-0.25, -0.2) is 5.43 Å². The van der Waals surface area contributed by atoms with Crippen LogP contribution in [0.3, 0.4) is 0 Å². The van der Waals surface area contributed by atoms with Crippen LogP contribution in [0, 0.1) is 27.7 Å². The Morgan fingerprint density at radius 3 is 2.00 bits per heavy atom. The van der Waals surface area contributed by atoms with E-state index in [9.17, 15) is 4.79 Å². The lowest BCUT2D eigenvalue weighted by Gasteiger charge is -2.10. The highest BCUT2D eigenvalue weighted by molar-refractivity contribution is 6.30. The second-order valence-corrected chi connectivity index (χ2v) is 8.27. The first-order valence-corrected chi connectivity index (χ1v) is 10.8. The lowest BCUT2D eigenvalue weighted by Crippen LogP contribution is -2.17. The summed E-state index contributed by atoms with van der Waals surface area (Å²) in [6.45, 7) is 8.18. The number of amides is 1. The Hall–Kier alpha value is -3.57. The molecule has 0 aliphatic carbocycles. The normalized spacial score (nSPS) is 11.3. The van der Waals surface area contributed by atoms with Crippen LogP contribution < -0.4 is 5.43 Å². The molecule has 2 heterocycles. The summed E-state index contributed by atoms with van der Waals surface area (Å²) < 4.78 is 4.28. The number of hydrogen-bond acceptors (Lipinski definition) is 2. The molecule has 0 spiro atoms. The molecule has 4 aromatic rings. The first-order chi connectivity index (χ1) is 15.3. The Balaban J connectivity index is 1.47. The molecule has 0 bridgehead atoms. The standard InChI is InChI=1S/C26H25ClN4O/c1-17-5-6-18(2)30(17)24-11-7-21(8-12-24)26(32)29-28-16-22-15-19(3)31(20(22)4)25-13-9-23(27)10-14-25/h5-16H,1-4H3,(H,29,32)/b28-16-. The van der Waals surface area contributed by atoms with Crippen molar-refractivity contribution in [1.29, 1.82) is 0 Å². The molecular formula is C26H25ClN4O. The summed E-state index contributed by atoms with van der Waals surface area (Å²) in [4.78, 5) is 12.5.